The Morgan fingerprint density at radius 3 is 2.30 bits per heavy atom. The molecule has 0 saturated carbocycles. The van der Waals surface area contributed by atoms with Gasteiger partial charge in [0.25, 0.3) is 0 Å². The summed E-state index contributed by atoms with van der Waals surface area (Å²) < 4.78 is 13.3. The number of benzene rings is 2. The highest BCUT2D eigenvalue weighted by atomic mass is 32.1. The van der Waals surface area contributed by atoms with Crippen molar-refractivity contribution in [2.24, 2.45) is 0 Å². The first-order chi connectivity index (χ1) is 15.9. The zero-order valence-corrected chi connectivity index (χ0v) is 20.1. The summed E-state index contributed by atoms with van der Waals surface area (Å²) in [5, 5.41) is 8.45. The number of amides is 1. The zero-order chi connectivity index (χ0) is 23.5. The van der Waals surface area contributed by atoms with E-state index in [0.29, 0.717) is 0 Å². The molecule has 0 spiro atoms. The summed E-state index contributed by atoms with van der Waals surface area (Å²) in [5.74, 6) is 1.50. The van der Waals surface area contributed by atoms with Gasteiger partial charge >= 0.3 is 0 Å². The molecule has 33 heavy (non-hydrogen) atoms. The number of ether oxygens (including phenoxy) is 2. The molecule has 172 valence electrons. The van der Waals surface area contributed by atoms with Crippen LogP contribution in [-0.4, -0.2) is 48.5 Å². The normalized spacial score (nSPS) is 11.9. The molecule has 0 aliphatic carbocycles. The molecule has 1 atom stereocenters. The van der Waals surface area contributed by atoms with Gasteiger partial charge in [0.2, 0.25) is 5.91 Å². The van der Waals surface area contributed by atoms with E-state index in [4.69, 9.17) is 14.5 Å². The van der Waals surface area contributed by atoms with Crippen LogP contribution in [0.15, 0.2) is 48.5 Å². The number of rotatable bonds is 8. The number of hydrogen-bond donors (Lipinski definition) is 1. The van der Waals surface area contributed by atoms with Crippen molar-refractivity contribution in [2.75, 3.05) is 32.7 Å². The van der Waals surface area contributed by atoms with Crippen molar-refractivity contribution >= 4 is 32.7 Å². The molecule has 0 fully saturated rings. The number of fused-ring (bicyclic) bond motifs is 1. The van der Waals surface area contributed by atoms with Gasteiger partial charge in [-0.2, -0.15) is 10.1 Å². The fourth-order valence-corrected chi connectivity index (χ4v) is 4.48. The molecule has 2 heterocycles. The first kappa shape index (κ1) is 22.6. The van der Waals surface area contributed by atoms with Crippen LogP contribution in [0, 0.1) is 6.92 Å². The average Bonchev–Trinajstić information content (AvgIpc) is 3.40. The SMILES string of the molecule is COc1ccc([C@H](C)NC(=O)CN(C)c2nc3c(s2)c(C)nn3-c2ccc(OC)cc2)cc1. The summed E-state index contributed by atoms with van der Waals surface area (Å²) in [6, 6.07) is 15.3. The average molecular weight is 466 g/mol. The minimum Gasteiger partial charge on any atom is -0.497 e. The van der Waals surface area contributed by atoms with Gasteiger partial charge < -0.3 is 19.7 Å². The zero-order valence-electron chi connectivity index (χ0n) is 19.3. The van der Waals surface area contributed by atoms with Gasteiger partial charge in [0.15, 0.2) is 10.8 Å². The summed E-state index contributed by atoms with van der Waals surface area (Å²) in [7, 11) is 5.14. The summed E-state index contributed by atoms with van der Waals surface area (Å²) in [5.41, 5.74) is 3.59. The first-order valence-corrected chi connectivity index (χ1v) is 11.4. The lowest BCUT2D eigenvalue weighted by molar-refractivity contribution is -0.120. The number of carbonyl (C=O) groups is 1. The van der Waals surface area contributed by atoms with Gasteiger partial charge in [0, 0.05) is 7.05 Å². The molecule has 8 nitrogen and oxygen atoms in total. The van der Waals surface area contributed by atoms with Gasteiger partial charge in [-0.25, -0.2) is 4.68 Å². The van der Waals surface area contributed by atoms with Crippen LogP contribution in [0.25, 0.3) is 16.0 Å². The molecule has 1 amide bonds. The summed E-state index contributed by atoms with van der Waals surface area (Å²) in [4.78, 5) is 19.3. The Morgan fingerprint density at radius 2 is 1.70 bits per heavy atom. The van der Waals surface area contributed by atoms with Gasteiger partial charge in [-0.15, -0.1) is 0 Å². The van der Waals surface area contributed by atoms with Crippen LogP contribution in [0.3, 0.4) is 0 Å². The number of methoxy groups -OCH3 is 2. The van der Waals surface area contributed by atoms with Crippen molar-refractivity contribution in [3.8, 4) is 17.2 Å². The van der Waals surface area contributed by atoms with Crippen LogP contribution in [0.1, 0.15) is 24.2 Å². The number of aryl methyl sites for hydroxylation is 1. The third-order valence-electron chi connectivity index (χ3n) is 5.39. The highest BCUT2D eigenvalue weighted by Gasteiger charge is 2.19. The molecule has 0 aliphatic heterocycles. The van der Waals surface area contributed by atoms with Crippen molar-refractivity contribution in [3.05, 3.63) is 59.8 Å². The lowest BCUT2D eigenvalue weighted by Crippen LogP contribution is -2.36. The first-order valence-electron chi connectivity index (χ1n) is 10.5. The number of nitrogens with zero attached hydrogens (tertiary/aromatic N) is 4. The van der Waals surface area contributed by atoms with Crippen molar-refractivity contribution in [3.63, 3.8) is 0 Å². The number of hydrogen-bond acceptors (Lipinski definition) is 7. The quantitative estimate of drug-likeness (QED) is 0.422. The number of aromatic nitrogens is 3. The lowest BCUT2D eigenvalue weighted by Gasteiger charge is -2.19. The van der Waals surface area contributed by atoms with E-state index in [0.717, 1.165) is 43.9 Å². The minimum absolute atomic E-state index is 0.0754. The Balaban J connectivity index is 1.47. The maximum atomic E-state index is 12.7. The largest absolute Gasteiger partial charge is 0.497 e. The van der Waals surface area contributed by atoms with Crippen LogP contribution in [0.4, 0.5) is 5.13 Å². The van der Waals surface area contributed by atoms with E-state index in [2.05, 4.69) is 10.4 Å². The second-order valence-corrected chi connectivity index (χ2v) is 8.74. The van der Waals surface area contributed by atoms with Gasteiger partial charge in [0.1, 0.15) is 11.5 Å². The Morgan fingerprint density at radius 1 is 1.09 bits per heavy atom. The second-order valence-electron chi connectivity index (χ2n) is 7.76. The minimum atomic E-state index is -0.113. The molecule has 0 saturated heterocycles. The third-order valence-corrected chi connectivity index (χ3v) is 6.66. The molecule has 4 rings (SSSR count). The van der Waals surface area contributed by atoms with Crippen molar-refractivity contribution in [1.82, 2.24) is 20.1 Å². The van der Waals surface area contributed by atoms with Gasteiger partial charge in [0.05, 0.1) is 42.9 Å². The van der Waals surface area contributed by atoms with Crippen LogP contribution >= 0.6 is 11.3 Å². The molecule has 4 aromatic rings. The summed E-state index contributed by atoms with van der Waals surface area (Å²) >= 11 is 1.53. The van der Waals surface area contributed by atoms with Crippen molar-refractivity contribution < 1.29 is 14.3 Å². The smallest absolute Gasteiger partial charge is 0.240 e. The molecule has 9 heteroatoms. The Kier molecular flexibility index (Phi) is 6.50. The number of carbonyl (C=O) groups excluding carboxylic acids is 1. The predicted octanol–water partition coefficient (Wildman–Crippen LogP) is 4.12. The predicted molar refractivity (Wildman–Crippen MR) is 131 cm³/mol. The molecular weight excluding hydrogens is 438 g/mol. The van der Waals surface area contributed by atoms with Gasteiger partial charge in [-0.05, 0) is 55.8 Å². The Labute approximate surface area is 196 Å². The third kappa shape index (κ3) is 4.78. The number of anilines is 1. The van der Waals surface area contributed by atoms with E-state index in [-0.39, 0.29) is 18.5 Å². The molecule has 1 N–H and O–H groups in total. The molecule has 2 aromatic carbocycles. The molecule has 0 aliphatic rings. The topological polar surface area (TPSA) is 81.5 Å². The molecule has 2 aromatic heterocycles. The van der Waals surface area contributed by atoms with E-state index >= 15 is 0 Å². The summed E-state index contributed by atoms with van der Waals surface area (Å²) in [6.07, 6.45) is 0. The maximum Gasteiger partial charge on any atom is 0.240 e. The number of nitrogens with one attached hydrogen (secondary N) is 1. The van der Waals surface area contributed by atoms with E-state index < -0.39 is 0 Å². The van der Waals surface area contributed by atoms with Crippen LogP contribution < -0.4 is 19.7 Å². The van der Waals surface area contributed by atoms with E-state index in [1.807, 2.05) is 79.0 Å². The van der Waals surface area contributed by atoms with Gasteiger partial charge in [-0.1, -0.05) is 23.5 Å². The number of likely N-dealkylation sites (N-methyl/N-ethyl adjacent to an activating group) is 1. The van der Waals surface area contributed by atoms with Crippen molar-refractivity contribution in [2.45, 2.75) is 19.9 Å². The molecule has 0 radical (unpaired) electrons. The Bertz CT molecular complexity index is 1250. The fraction of sp³-hybridized carbons (Fsp3) is 0.292. The van der Waals surface area contributed by atoms with Crippen LogP contribution in [0.2, 0.25) is 0 Å². The van der Waals surface area contributed by atoms with Crippen molar-refractivity contribution in [1.29, 1.82) is 0 Å². The lowest BCUT2D eigenvalue weighted by atomic mass is 10.1. The molecular formula is C24H27N5O3S. The number of thiazole rings is 1. The van der Waals surface area contributed by atoms with Crippen LogP contribution in [0.5, 0.6) is 11.5 Å². The van der Waals surface area contributed by atoms with E-state index in [9.17, 15) is 4.79 Å². The van der Waals surface area contributed by atoms with Crippen LogP contribution in [-0.2, 0) is 4.79 Å². The monoisotopic (exact) mass is 465 g/mol. The second kappa shape index (κ2) is 9.50. The maximum absolute atomic E-state index is 12.7. The highest BCUT2D eigenvalue weighted by molar-refractivity contribution is 7.22. The standard InChI is InChI=1S/C24H27N5O3S/c1-15(17-6-10-19(31-4)11-7-17)25-21(30)14-28(3)24-26-23-22(33-24)16(2)27-29(23)18-8-12-20(32-5)13-9-18/h6-13,15H,14H2,1-5H3,(H,25,30)/t15-/m0/s1. The van der Waals surface area contributed by atoms with Gasteiger partial charge in [-0.3, -0.25) is 4.79 Å². The highest BCUT2D eigenvalue weighted by Crippen LogP contribution is 2.32. The van der Waals surface area contributed by atoms with E-state index in [1.54, 1.807) is 14.2 Å². The van der Waals surface area contributed by atoms with E-state index in [1.165, 1.54) is 11.3 Å². The Hall–Kier alpha value is -3.59. The molecule has 0 unspecified atom stereocenters. The summed E-state index contributed by atoms with van der Waals surface area (Å²) in [6.45, 7) is 4.13. The fourth-order valence-electron chi connectivity index (χ4n) is 3.54. The molecule has 0 bridgehead atoms.